The molecule has 0 aliphatic carbocycles. The molecule has 0 amide bonds. The van der Waals surface area contributed by atoms with Gasteiger partial charge in [0.1, 0.15) is 0 Å². The molecule has 0 spiro atoms. The van der Waals surface area contributed by atoms with E-state index in [1.165, 1.54) is 18.4 Å². The highest BCUT2D eigenvalue weighted by molar-refractivity contribution is 5.18. The van der Waals surface area contributed by atoms with Crippen molar-refractivity contribution in [1.82, 2.24) is 5.32 Å². The second-order valence-corrected chi connectivity index (χ2v) is 4.91. The Morgan fingerprint density at radius 1 is 1.39 bits per heavy atom. The molecule has 1 heterocycles. The standard InChI is InChI=1S/C15H23NO2/c1-17-12-15(14-7-3-2-4-8-14)16-10-13-6-5-9-18-11-13/h2-4,7-8,13,15-16H,5-6,9-12H2,1H3. The van der Waals surface area contributed by atoms with Crippen LogP contribution in [-0.4, -0.2) is 33.5 Å². The van der Waals surface area contributed by atoms with E-state index in [1.54, 1.807) is 7.11 Å². The molecule has 0 radical (unpaired) electrons. The number of methoxy groups -OCH3 is 1. The molecule has 1 aliphatic rings. The monoisotopic (exact) mass is 249 g/mol. The summed E-state index contributed by atoms with van der Waals surface area (Å²) < 4.78 is 10.8. The maximum absolute atomic E-state index is 5.51. The summed E-state index contributed by atoms with van der Waals surface area (Å²) in [5.74, 6) is 0.641. The van der Waals surface area contributed by atoms with E-state index < -0.39 is 0 Å². The number of nitrogens with one attached hydrogen (secondary N) is 1. The van der Waals surface area contributed by atoms with Gasteiger partial charge in [0.25, 0.3) is 0 Å². The third kappa shape index (κ3) is 4.09. The molecule has 18 heavy (non-hydrogen) atoms. The molecule has 1 fully saturated rings. The molecule has 3 nitrogen and oxygen atoms in total. The van der Waals surface area contributed by atoms with Gasteiger partial charge in [0, 0.05) is 20.3 Å². The average Bonchev–Trinajstić information content (AvgIpc) is 2.45. The molecule has 0 aromatic heterocycles. The Labute approximate surface area is 109 Å². The predicted octanol–water partition coefficient (Wildman–Crippen LogP) is 2.39. The van der Waals surface area contributed by atoms with Gasteiger partial charge < -0.3 is 14.8 Å². The lowest BCUT2D eigenvalue weighted by atomic mass is 10.0. The van der Waals surface area contributed by atoms with Gasteiger partial charge in [0.2, 0.25) is 0 Å². The second kappa shape index (κ2) is 7.52. The molecule has 1 N–H and O–H groups in total. The minimum atomic E-state index is 0.276. The Morgan fingerprint density at radius 2 is 2.22 bits per heavy atom. The first kappa shape index (κ1) is 13.5. The number of benzene rings is 1. The molecule has 1 aliphatic heterocycles. The van der Waals surface area contributed by atoms with E-state index in [9.17, 15) is 0 Å². The van der Waals surface area contributed by atoms with Crippen molar-refractivity contribution in [2.24, 2.45) is 5.92 Å². The molecule has 2 atom stereocenters. The van der Waals surface area contributed by atoms with Crippen molar-refractivity contribution in [1.29, 1.82) is 0 Å². The van der Waals surface area contributed by atoms with Gasteiger partial charge in [-0.3, -0.25) is 0 Å². The fourth-order valence-electron chi connectivity index (χ4n) is 2.40. The van der Waals surface area contributed by atoms with E-state index in [-0.39, 0.29) is 6.04 Å². The minimum absolute atomic E-state index is 0.276. The van der Waals surface area contributed by atoms with Crippen molar-refractivity contribution in [3.8, 4) is 0 Å². The van der Waals surface area contributed by atoms with Crippen LogP contribution in [0.15, 0.2) is 30.3 Å². The van der Waals surface area contributed by atoms with Crippen LogP contribution < -0.4 is 5.32 Å². The minimum Gasteiger partial charge on any atom is -0.383 e. The van der Waals surface area contributed by atoms with Gasteiger partial charge in [-0.2, -0.15) is 0 Å². The van der Waals surface area contributed by atoms with E-state index in [0.717, 1.165) is 19.8 Å². The summed E-state index contributed by atoms with van der Waals surface area (Å²) in [4.78, 5) is 0. The van der Waals surface area contributed by atoms with Gasteiger partial charge in [-0.15, -0.1) is 0 Å². The number of hydrogen-bond acceptors (Lipinski definition) is 3. The van der Waals surface area contributed by atoms with Crippen molar-refractivity contribution in [2.45, 2.75) is 18.9 Å². The summed E-state index contributed by atoms with van der Waals surface area (Å²) in [6, 6.07) is 10.8. The maximum atomic E-state index is 5.51. The lowest BCUT2D eigenvalue weighted by Gasteiger charge is -2.25. The Morgan fingerprint density at radius 3 is 2.89 bits per heavy atom. The largest absolute Gasteiger partial charge is 0.383 e. The molecule has 1 saturated heterocycles. The van der Waals surface area contributed by atoms with Crippen molar-refractivity contribution in [3.05, 3.63) is 35.9 Å². The molecule has 3 heteroatoms. The van der Waals surface area contributed by atoms with Crippen LogP contribution >= 0.6 is 0 Å². The van der Waals surface area contributed by atoms with Crippen molar-refractivity contribution in [3.63, 3.8) is 0 Å². The molecule has 1 aromatic carbocycles. The number of ether oxygens (including phenoxy) is 2. The van der Waals surface area contributed by atoms with E-state index in [2.05, 4.69) is 29.6 Å². The number of rotatable bonds is 6. The van der Waals surface area contributed by atoms with Crippen LogP contribution in [-0.2, 0) is 9.47 Å². The Bertz CT molecular complexity index is 323. The summed E-state index contributed by atoms with van der Waals surface area (Å²) in [5, 5.41) is 3.60. The van der Waals surface area contributed by atoms with Crippen LogP contribution in [0.2, 0.25) is 0 Å². The van der Waals surface area contributed by atoms with Gasteiger partial charge in [-0.25, -0.2) is 0 Å². The highest BCUT2D eigenvalue weighted by atomic mass is 16.5. The summed E-state index contributed by atoms with van der Waals surface area (Å²) in [6.07, 6.45) is 2.45. The third-order valence-electron chi connectivity index (χ3n) is 3.44. The van der Waals surface area contributed by atoms with Crippen LogP contribution in [0, 0.1) is 5.92 Å². The molecular weight excluding hydrogens is 226 g/mol. The Kier molecular flexibility index (Phi) is 5.65. The van der Waals surface area contributed by atoms with Crippen LogP contribution in [0.5, 0.6) is 0 Å². The molecule has 2 rings (SSSR count). The smallest absolute Gasteiger partial charge is 0.0657 e. The lowest BCUT2D eigenvalue weighted by Crippen LogP contribution is -2.33. The predicted molar refractivity (Wildman–Crippen MR) is 72.6 cm³/mol. The summed E-state index contributed by atoms with van der Waals surface area (Å²) in [7, 11) is 1.75. The SMILES string of the molecule is COCC(NCC1CCCOC1)c1ccccc1. The van der Waals surface area contributed by atoms with E-state index >= 15 is 0 Å². The van der Waals surface area contributed by atoms with Crippen LogP contribution in [0.4, 0.5) is 0 Å². The normalized spacial score (nSPS) is 21.7. The molecule has 0 bridgehead atoms. The summed E-state index contributed by atoms with van der Waals surface area (Å²) >= 11 is 0. The van der Waals surface area contributed by atoms with Crippen LogP contribution in [0.3, 0.4) is 0 Å². The molecule has 1 aromatic rings. The molecular formula is C15H23NO2. The third-order valence-corrected chi connectivity index (χ3v) is 3.44. The second-order valence-electron chi connectivity index (χ2n) is 4.91. The van der Waals surface area contributed by atoms with E-state index in [4.69, 9.17) is 9.47 Å². The van der Waals surface area contributed by atoms with Crippen LogP contribution in [0.1, 0.15) is 24.4 Å². The quantitative estimate of drug-likeness (QED) is 0.839. The van der Waals surface area contributed by atoms with Gasteiger partial charge in [0.15, 0.2) is 0 Å². The van der Waals surface area contributed by atoms with Crippen molar-refractivity contribution >= 4 is 0 Å². The van der Waals surface area contributed by atoms with Gasteiger partial charge >= 0.3 is 0 Å². The van der Waals surface area contributed by atoms with Crippen molar-refractivity contribution < 1.29 is 9.47 Å². The first-order valence-electron chi connectivity index (χ1n) is 6.75. The Hall–Kier alpha value is -0.900. The topological polar surface area (TPSA) is 30.5 Å². The number of hydrogen-bond donors (Lipinski definition) is 1. The van der Waals surface area contributed by atoms with E-state index in [1.807, 2.05) is 6.07 Å². The highest BCUT2D eigenvalue weighted by Gasteiger charge is 2.16. The fourth-order valence-corrected chi connectivity index (χ4v) is 2.40. The zero-order chi connectivity index (χ0) is 12.6. The fraction of sp³-hybridized carbons (Fsp3) is 0.600. The lowest BCUT2D eigenvalue weighted by molar-refractivity contribution is 0.0519. The van der Waals surface area contributed by atoms with Gasteiger partial charge in [-0.05, 0) is 24.3 Å². The summed E-state index contributed by atoms with van der Waals surface area (Å²) in [6.45, 7) is 3.53. The van der Waals surface area contributed by atoms with E-state index in [0.29, 0.717) is 12.5 Å². The zero-order valence-electron chi connectivity index (χ0n) is 11.1. The first-order valence-corrected chi connectivity index (χ1v) is 6.75. The molecule has 100 valence electrons. The molecule has 0 saturated carbocycles. The summed E-state index contributed by atoms with van der Waals surface area (Å²) in [5.41, 5.74) is 1.29. The van der Waals surface area contributed by atoms with Crippen LogP contribution in [0.25, 0.3) is 0 Å². The van der Waals surface area contributed by atoms with Gasteiger partial charge in [0.05, 0.1) is 19.3 Å². The molecule has 2 unspecified atom stereocenters. The first-order chi connectivity index (χ1) is 8.90. The van der Waals surface area contributed by atoms with Gasteiger partial charge in [-0.1, -0.05) is 30.3 Å². The van der Waals surface area contributed by atoms with Crippen molar-refractivity contribution in [2.75, 3.05) is 33.5 Å². The maximum Gasteiger partial charge on any atom is 0.0657 e. The Balaban J connectivity index is 1.86. The zero-order valence-corrected chi connectivity index (χ0v) is 11.1. The highest BCUT2D eigenvalue weighted by Crippen LogP contribution is 2.16. The average molecular weight is 249 g/mol.